The summed E-state index contributed by atoms with van der Waals surface area (Å²) in [5, 5.41) is 8.69. The number of hydrogen-bond acceptors (Lipinski definition) is 1. The van der Waals surface area contributed by atoms with Crippen LogP contribution in [0.15, 0.2) is 0 Å². The van der Waals surface area contributed by atoms with Gasteiger partial charge in [0.25, 0.3) is 0 Å². The van der Waals surface area contributed by atoms with Crippen molar-refractivity contribution in [2.75, 3.05) is 13.1 Å². The maximum atomic E-state index is 10.6. The van der Waals surface area contributed by atoms with Gasteiger partial charge < -0.3 is 10.0 Å². The van der Waals surface area contributed by atoms with Crippen LogP contribution in [-0.2, 0) is 0 Å². The van der Waals surface area contributed by atoms with Gasteiger partial charge in [0.15, 0.2) is 0 Å². The van der Waals surface area contributed by atoms with Crippen molar-refractivity contribution in [1.82, 2.24) is 4.90 Å². The lowest BCUT2D eigenvalue weighted by atomic mass is 9.68. The fourth-order valence-electron chi connectivity index (χ4n) is 2.18. The number of nitrogens with zero attached hydrogens (tertiary/aromatic N) is 1. The minimum absolute atomic E-state index is 0. The Bertz CT molecular complexity index is 191. The zero-order chi connectivity index (χ0) is 7.90. The minimum Gasteiger partial charge on any atom is -0.465 e. The summed E-state index contributed by atoms with van der Waals surface area (Å²) in [6.07, 6.45) is 4.15. The van der Waals surface area contributed by atoms with Gasteiger partial charge in [-0.3, -0.25) is 0 Å². The van der Waals surface area contributed by atoms with E-state index in [1.54, 1.807) is 4.90 Å². The molecule has 1 saturated carbocycles. The van der Waals surface area contributed by atoms with Crippen LogP contribution in [0.5, 0.6) is 0 Å². The molecule has 70 valence electrons. The summed E-state index contributed by atoms with van der Waals surface area (Å²) in [4.78, 5) is 12.1. The van der Waals surface area contributed by atoms with E-state index in [1.807, 2.05) is 0 Å². The maximum Gasteiger partial charge on any atom is 0.407 e. The lowest BCUT2D eigenvalue weighted by Crippen LogP contribution is -2.35. The van der Waals surface area contributed by atoms with Gasteiger partial charge in [-0.25, -0.2) is 4.79 Å². The summed E-state index contributed by atoms with van der Waals surface area (Å²) in [6.45, 7) is 1.55. The molecule has 0 atom stereocenters. The molecule has 1 saturated heterocycles. The van der Waals surface area contributed by atoms with Crippen LogP contribution in [0.1, 0.15) is 25.7 Å². The molecule has 0 radical (unpaired) electrons. The first kappa shape index (κ1) is 9.65. The highest BCUT2D eigenvalue weighted by Gasteiger charge is 2.43. The molecule has 4 heteroatoms. The third kappa shape index (κ3) is 1.38. The van der Waals surface area contributed by atoms with Crippen LogP contribution in [0, 0.1) is 5.41 Å². The Balaban J connectivity index is 0.000000720. The van der Waals surface area contributed by atoms with Gasteiger partial charge in [0.05, 0.1) is 0 Å². The Hall–Kier alpha value is -0.440. The Labute approximate surface area is 78.2 Å². The zero-order valence-electron chi connectivity index (χ0n) is 6.95. The quantitative estimate of drug-likeness (QED) is 0.636. The van der Waals surface area contributed by atoms with Crippen molar-refractivity contribution >= 4 is 18.5 Å². The molecule has 0 unspecified atom stereocenters. The SMILES string of the molecule is Cl.O=C(O)N1CCC2(CCC2)C1. The van der Waals surface area contributed by atoms with Gasteiger partial charge in [0, 0.05) is 13.1 Å². The number of carboxylic acid groups (broad SMARTS) is 1. The second kappa shape index (κ2) is 3.13. The molecule has 0 aromatic carbocycles. The van der Waals surface area contributed by atoms with Gasteiger partial charge in [-0.05, 0) is 24.7 Å². The van der Waals surface area contributed by atoms with Crippen LogP contribution < -0.4 is 0 Å². The van der Waals surface area contributed by atoms with E-state index in [1.165, 1.54) is 19.3 Å². The third-order valence-corrected chi connectivity index (χ3v) is 3.12. The smallest absolute Gasteiger partial charge is 0.407 e. The molecule has 1 aliphatic carbocycles. The molecule has 2 aliphatic rings. The molecule has 0 aromatic rings. The van der Waals surface area contributed by atoms with Gasteiger partial charge in [0.1, 0.15) is 0 Å². The number of likely N-dealkylation sites (tertiary alicyclic amines) is 1. The molecule has 3 nitrogen and oxygen atoms in total. The van der Waals surface area contributed by atoms with E-state index in [2.05, 4.69) is 0 Å². The molecule has 1 N–H and O–H groups in total. The molecule has 0 aromatic heterocycles. The summed E-state index contributed by atoms with van der Waals surface area (Å²) in [5.41, 5.74) is 0.415. The van der Waals surface area contributed by atoms with Crippen molar-refractivity contribution < 1.29 is 9.90 Å². The van der Waals surface area contributed by atoms with E-state index in [9.17, 15) is 4.79 Å². The number of carbonyl (C=O) groups is 1. The maximum absolute atomic E-state index is 10.6. The Morgan fingerprint density at radius 3 is 2.25 bits per heavy atom. The van der Waals surface area contributed by atoms with Gasteiger partial charge in [-0.1, -0.05) is 6.42 Å². The van der Waals surface area contributed by atoms with Crippen molar-refractivity contribution in [3.05, 3.63) is 0 Å². The van der Waals surface area contributed by atoms with Crippen molar-refractivity contribution in [2.45, 2.75) is 25.7 Å². The van der Waals surface area contributed by atoms with Crippen LogP contribution in [0.3, 0.4) is 0 Å². The molecule has 1 heterocycles. The lowest BCUT2D eigenvalue weighted by molar-refractivity contribution is 0.121. The molecule has 1 aliphatic heterocycles. The molecule has 2 fully saturated rings. The van der Waals surface area contributed by atoms with Gasteiger partial charge in [-0.15, -0.1) is 12.4 Å². The van der Waals surface area contributed by atoms with Crippen LogP contribution in [0.4, 0.5) is 4.79 Å². The van der Waals surface area contributed by atoms with Crippen molar-refractivity contribution in [3.63, 3.8) is 0 Å². The van der Waals surface area contributed by atoms with E-state index in [0.29, 0.717) is 5.41 Å². The van der Waals surface area contributed by atoms with Crippen molar-refractivity contribution in [3.8, 4) is 0 Å². The number of hydrogen-bond donors (Lipinski definition) is 1. The van der Waals surface area contributed by atoms with E-state index in [0.717, 1.165) is 19.5 Å². The van der Waals surface area contributed by atoms with Gasteiger partial charge in [0.2, 0.25) is 0 Å². The Morgan fingerprint density at radius 1 is 1.33 bits per heavy atom. The van der Waals surface area contributed by atoms with Gasteiger partial charge in [-0.2, -0.15) is 0 Å². The predicted octanol–water partition coefficient (Wildman–Crippen LogP) is 1.96. The molecule has 0 bridgehead atoms. The molecule has 1 spiro atoms. The molecule has 2 rings (SSSR count). The third-order valence-electron chi connectivity index (χ3n) is 3.12. The first-order valence-electron chi connectivity index (χ1n) is 4.20. The fraction of sp³-hybridized carbons (Fsp3) is 0.875. The predicted molar refractivity (Wildman–Crippen MR) is 47.7 cm³/mol. The largest absolute Gasteiger partial charge is 0.465 e. The average molecular weight is 192 g/mol. The van der Waals surface area contributed by atoms with Crippen LogP contribution >= 0.6 is 12.4 Å². The monoisotopic (exact) mass is 191 g/mol. The van der Waals surface area contributed by atoms with E-state index >= 15 is 0 Å². The second-order valence-corrected chi connectivity index (χ2v) is 3.81. The molecular formula is C8H14ClNO2. The van der Waals surface area contributed by atoms with Crippen LogP contribution in [-0.4, -0.2) is 29.2 Å². The summed E-state index contributed by atoms with van der Waals surface area (Å²) < 4.78 is 0. The van der Waals surface area contributed by atoms with Crippen molar-refractivity contribution in [1.29, 1.82) is 0 Å². The average Bonchev–Trinajstić information content (AvgIpc) is 2.28. The highest BCUT2D eigenvalue weighted by molar-refractivity contribution is 5.85. The molecule has 1 amide bonds. The first-order valence-corrected chi connectivity index (χ1v) is 4.20. The first-order chi connectivity index (χ1) is 5.22. The highest BCUT2D eigenvalue weighted by atomic mass is 35.5. The summed E-state index contributed by atoms with van der Waals surface area (Å²) in [6, 6.07) is 0. The Morgan fingerprint density at radius 2 is 2.00 bits per heavy atom. The van der Waals surface area contributed by atoms with E-state index < -0.39 is 6.09 Å². The number of amides is 1. The van der Waals surface area contributed by atoms with Gasteiger partial charge >= 0.3 is 6.09 Å². The summed E-state index contributed by atoms with van der Waals surface area (Å²) in [7, 11) is 0. The zero-order valence-corrected chi connectivity index (χ0v) is 7.77. The van der Waals surface area contributed by atoms with Crippen molar-refractivity contribution in [2.24, 2.45) is 5.41 Å². The highest BCUT2D eigenvalue weighted by Crippen LogP contribution is 2.47. The lowest BCUT2D eigenvalue weighted by Gasteiger charge is -2.37. The molecular weight excluding hydrogens is 178 g/mol. The van der Waals surface area contributed by atoms with Crippen LogP contribution in [0.25, 0.3) is 0 Å². The van der Waals surface area contributed by atoms with E-state index in [-0.39, 0.29) is 12.4 Å². The fourth-order valence-corrected chi connectivity index (χ4v) is 2.18. The summed E-state index contributed by atoms with van der Waals surface area (Å²) >= 11 is 0. The normalized spacial score (nSPS) is 24.8. The minimum atomic E-state index is -0.742. The number of halogens is 1. The topological polar surface area (TPSA) is 40.5 Å². The molecule has 12 heavy (non-hydrogen) atoms. The summed E-state index contributed by atoms with van der Waals surface area (Å²) in [5.74, 6) is 0. The Kier molecular flexibility index (Phi) is 2.52. The van der Waals surface area contributed by atoms with E-state index in [4.69, 9.17) is 5.11 Å². The number of rotatable bonds is 0. The second-order valence-electron chi connectivity index (χ2n) is 3.81. The standard InChI is InChI=1S/C8H13NO2.ClH/c10-7(11)9-5-4-8(6-9)2-1-3-8;/h1-6H2,(H,10,11);1H. The van der Waals surface area contributed by atoms with Crippen LogP contribution in [0.2, 0.25) is 0 Å².